The van der Waals surface area contributed by atoms with Crippen LogP contribution in [0.3, 0.4) is 0 Å². The van der Waals surface area contributed by atoms with Gasteiger partial charge in [-0.15, -0.1) is 0 Å². The Kier molecular flexibility index (Phi) is 4.93. The fourth-order valence-electron chi connectivity index (χ4n) is 2.00. The Morgan fingerprint density at radius 2 is 2.00 bits per heavy atom. The molecule has 0 saturated carbocycles. The van der Waals surface area contributed by atoms with Crippen LogP contribution in [0.2, 0.25) is 0 Å². The van der Waals surface area contributed by atoms with Crippen molar-refractivity contribution in [3.63, 3.8) is 0 Å². The number of halogens is 1. The van der Waals surface area contributed by atoms with Gasteiger partial charge in [-0.3, -0.25) is 4.79 Å². The van der Waals surface area contributed by atoms with E-state index in [1.54, 1.807) is 12.1 Å². The molecule has 0 aliphatic carbocycles. The lowest BCUT2D eigenvalue weighted by Crippen LogP contribution is -2.33. The van der Waals surface area contributed by atoms with Gasteiger partial charge in [-0.1, -0.05) is 12.1 Å². The number of nitrogens with one attached hydrogen (secondary N) is 1. The van der Waals surface area contributed by atoms with Crippen LogP contribution in [-0.2, 0) is 11.2 Å². The van der Waals surface area contributed by atoms with E-state index in [0.29, 0.717) is 6.42 Å². The highest BCUT2D eigenvalue weighted by Gasteiger charge is 2.17. The molecule has 1 heterocycles. The van der Waals surface area contributed by atoms with Crippen molar-refractivity contribution < 1.29 is 23.1 Å². The van der Waals surface area contributed by atoms with Gasteiger partial charge in [-0.2, -0.15) is 0 Å². The summed E-state index contributed by atoms with van der Waals surface area (Å²) in [6.45, 7) is 1.82. The SMILES string of the molecule is COC(=O)c1coc(C(=O)N[C@H](C)Cc2ccc(F)cc2)c1. The second-order valence-corrected chi connectivity index (χ2v) is 4.90. The molecule has 5 nitrogen and oxygen atoms in total. The summed E-state index contributed by atoms with van der Waals surface area (Å²) in [5.74, 6) is -1.26. The van der Waals surface area contributed by atoms with Gasteiger partial charge < -0.3 is 14.5 Å². The molecule has 116 valence electrons. The Labute approximate surface area is 127 Å². The third-order valence-electron chi connectivity index (χ3n) is 3.08. The van der Waals surface area contributed by atoms with Gasteiger partial charge in [0, 0.05) is 12.1 Å². The van der Waals surface area contributed by atoms with Crippen molar-refractivity contribution in [3.05, 3.63) is 59.3 Å². The molecule has 1 atom stereocenters. The molecule has 0 radical (unpaired) electrons. The summed E-state index contributed by atoms with van der Waals surface area (Å²) in [7, 11) is 1.25. The zero-order chi connectivity index (χ0) is 16.1. The Morgan fingerprint density at radius 3 is 2.64 bits per heavy atom. The summed E-state index contributed by atoms with van der Waals surface area (Å²) >= 11 is 0. The minimum absolute atomic E-state index is 0.0337. The lowest BCUT2D eigenvalue weighted by Gasteiger charge is -2.12. The minimum Gasteiger partial charge on any atom is -0.465 e. The van der Waals surface area contributed by atoms with E-state index in [-0.39, 0.29) is 23.2 Å². The second kappa shape index (κ2) is 6.89. The highest BCUT2D eigenvalue weighted by molar-refractivity contribution is 5.96. The number of amides is 1. The number of esters is 1. The number of carbonyl (C=O) groups is 2. The molecular weight excluding hydrogens is 289 g/mol. The van der Waals surface area contributed by atoms with Crippen LogP contribution in [0, 0.1) is 5.82 Å². The van der Waals surface area contributed by atoms with Gasteiger partial charge in [0.2, 0.25) is 0 Å². The summed E-state index contributed by atoms with van der Waals surface area (Å²) in [5, 5.41) is 2.75. The molecule has 0 fully saturated rings. The molecular formula is C16H16FNO4. The fourth-order valence-corrected chi connectivity index (χ4v) is 2.00. The molecule has 0 saturated heterocycles. The van der Waals surface area contributed by atoms with Crippen LogP contribution in [0.4, 0.5) is 4.39 Å². The highest BCUT2D eigenvalue weighted by atomic mass is 19.1. The smallest absolute Gasteiger partial charge is 0.341 e. The molecule has 1 aromatic heterocycles. The van der Waals surface area contributed by atoms with Gasteiger partial charge >= 0.3 is 5.97 Å². The van der Waals surface area contributed by atoms with Crippen molar-refractivity contribution in [2.75, 3.05) is 7.11 Å². The zero-order valence-electron chi connectivity index (χ0n) is 12.3. The van der Waals surface area contributed by atoms with Crippen molar-refractivity contribution in [1.82, 2.24) is 5.32 Å². The Hall–Kier alpha value is -2.63. The van der Waals surface area contributed by atoms with Crippen LogP contribution in [0.1, 0.15) is 33.4 Å². The van der Waals surface area contributed by atoms with E-state index in [9.17, 15) is 14.0 Å². The van der Waals surface area contributed by atoms with Crippen molar-refractivity contribution in [3.8, 4) is 0 Å². The molecule has 1 N–H and O–H groups in total. The third-order valence-corrected chi connectivity index (χ3v) is 3.08. The summed E-state index contributed by atoms with van der Waals surface area (Å²) < 4.78 is 22.4. The average molecular weight is 305 g/mol. The number of hydrogen-bond donors (Lipinski definition) is 1. The predicted molar refractivity (Wildman–Crippen MR) is 77.1 cm³/mol. The Balaban J connectivity index is 1.94. The lowest BCUT2D eigenvalue weighted by molar-refractivity contribution is 0.0599. The van der Waals surface area contributed by atoms with Crippen LogP contribution in [0.25, 0.3) is 0 Å². The van der Waals surface area contributed by atoms with Crippen molar-refractivity contribution in [2.45, 2.75) is 19.4 Å². The number of methoxy groups -OCH3 is 1. The summed E-state index contributed by atoms with van der Waals surface area (Å²) in [6, 6.07) is 7.23. The van der Waals surface area contributed by atoms with E-state index in [4.69, 9.17) is 4.42 Å². The van der Waals surface area contributed by atoms with E-state index >= 15 is 0 Å². The first-order valence-electron chi connectivity index (χ1n) is 6.71. The molecule has 0 bridgehead atoms. The normalized spacial score (nSPS) is 11.8. The molecule has 2 rings (SSSR count). The third kappa shape index (κ3) is 3.94. The first-order valence-corrected chi connectivity index (χ1v) is 6.71. The standard InChI is InChI=1S/C16H16FNO4/c1-10(7-11-3-5-13(17)6-4-11)18-15(19)14-8-12(9-22-14)16(20)21-2/h3-6,8-10H,7H2,1-2H3,(H,18,19)/t10-/m1/s1. The van der Waals surface area contributed by atoms with Crippen LogP contribution < -0.4 is 5.32 Å². The molecule has 1 amide bonds. The zero-order valence-corrected chi connectivity index (χ0v) is 12.3. The summed E-state index contributed by atoms with van der Waals surface area (Å²) in [6.07, 6.45) is 1.72. The lowest BCUT2D eigenvalue weighted by atomic mass is 10.1. The quantitative estimate of drug-likeness (QED) is 0.862. The van der Waals surface area contributed by atoms with Crippen LogP contribution in [0.15, 0.2) is 41.0 Å². The molecule has 0 aliphatic rings. The fraction of sp³-hybridized carbons (Fsp3) is 0.250. The van der Waals surface area contributed by atoms with Crippen molar-refractivity contribution in [2.24, 2.45) is 0 Å². The van der Waals surface area contributed by atoms with E-state index in [1.807, 2.05) is 6.92 Å². The van der Waals surface area contributed by atoms with Gasteiger partial charge in [0.05, 0.1) is 12.7 Å². The summed E-state index contributed by atoms with van der Waals surface area (Å²) in [5.41, 5.74) is 1.09. The maximum atomic E-state index is 12.8. The van der Waals surface area contributed by atoms with E-state index in [2.05, 4.69) is 10.1 Å². The van der Waals surface area contributed by atoms with Crippen molar-refractivity contribution >= 4 is 11.9 Å². The summed E-state index contributed by atoms with van der Waals surface area (Å²) in [4.78, 5) is 23.3. The predicted octanol–water partition coefficient (Wildman–Crippen LogP) is 2.57. The van der Waals surface area contributed by atoms with Gasteiger partial charge in [0.15, 0.2) is 5.76 Å². The second-order valence-electron chi connectivity index (χ2n) is 4.90. The molecule has 1 aromatic carbocycles. The molecule has 0 unspecified atom stereocenters. The van der Waals surface area contributed by atoms with Gasteiger partial charge in [-0.25, -0.2) is 9.18 Å². The highest BCUT2D eigenvalue weighted by Crippen LogP contribution is 2.10. The Morgan fingerprint density at radius 1 is 1.32 bits per heavy atom. The van der Waals surface area contributed by atoms with E-state index in [0.717, 1.165) is 5.56 Å². The van der Waals surface area contributed by atoms with Crippen LogP contribution in [-0.4, -0.2) is 25.0 Å². The van der Waals surface area contributed by atoms with Gasteiger partial charge in [0.1, 0.15) is 12.1 Å². The molecule has 6 heteroatoms. The maximum Gasteiger partial charge on any atom is 0.341 e. The maximum absolute atomic E-state index is 12.8. The number of ether oxygens (including phenoxy) is 1. The van der Waals surface area contributed by atoms with Crippen LogP contribution in [0.5, 0.6) is 0 Å². The molecule has 2 aromatic rings. The van der Waals surface area contributed by atoms with E-state index < -0.39 is 11.9 Å². The first-order chi connectivity index (χ1) is 10.5. The average Bonchev–Trinajstić information content (AvgIpc) is 2.98. The Bertz CT molecular complexity index is 663. The number of hydrogen-bond acceptors (Lipinski definition) is 4. The molecule has 0 aliphatic heterocycles. The van der Waals surface area contributed by atoms with Crippen molar-refractivity contribution in [1.29, 1.82) is 0 Å². The van der Waals surface area contributed by atoms with Crippen LogP contribution >= 0.6 is 0 Å². The topological polar surface area (TPSA) is 68.5 Å². The number of benzene rings is 1. The largest absolute Gasteiger partial charge is 0.465 e. The molecule has 22 heavy (non-hydrogen) atoms. The number of carbonyl (C=O) groups excluding carboxylic acids is 2. The van der Waals surface area contributed by atoms with Gasteiger partial charge in [0.25, 0.3) is 5.91 Å². The van der Waals surface area contributed by atoms with Gasteiger partial charge in [-0.05, 0) is 31.0 Å². The van der Waals surface area contributed by atoms with E-state index in [1.165, 1.54) is 31.6 Å². The number of furan rings is 1. The first kappa shape index (κ1) is 15.8. The number of rotatable bonds is 5. The minimum atomic E-state index is -0.567. The molecule has 0 spiro atoms. The monoisotopic (exact) mass is 305 g/mol.